The van der Waals surface area contributed by atoms with Crippen molar-refractivity contribution in [3.63, 3.8) is 0 Å². The Morgan fingerprint density at radius 1 is 0.914 bits per heavy atom. The van der Waals surface area contributed by atoms with Crippen LogP contribution in [-0.4, -0.2) is 28.8 Å². The third kappa shape index (κ3) is 4.40. The van der Waals surface area contributed by atoms with Crippen molar-refractivity contribution in [1.29, 1.82) is 0 Å². The molecule has 35 heavy (non-hydrogen) atoms. The number of fused-ring (bicyclic) bond motifs is 1. The van der Waals surface area contributed by atoms with E-state index in [0.29, 0.717) is 39.1 Å². The average Bonchev–Trinajstić information content (AvgIpc) is 3.28. The number of nitrogens with zero attached hydrogens (tertiary/aromatic N) is 3. The summed E-state index contributed by atoms with van der Waals surface area (Å²) >= 11 is 1.43. The van der Waals surface area contributed by atoms with Gasteiger partial charge < -0.3 is 13.9 Å². The van der Waals surface area contributed by atoms with Crippen LogP contribution >= 0.6 is 11.8 Å². The van der Waals surface area contributed by atoms with E-state index in [4.69, 9.17) is 23.9 Å². The quantitative estimate of drug-likeness (QED) is 0.217. The first-order valence-electron chi connectivity index (χ1n) is 11.0. The summed E-state index contributed by atoms with van der Waals surface area (Å²) in [6, 6.07) is 22.3. The molecule has 3 aromatic carbocycles. The maximum atomic E-state index is 13.5. The number of oxazole rings is 1. The molecule has 0 aliphatic heterocycles. The number of thioether (sulfide) groups is 1. The van der Waals surface area contributed by atoms with E-state index in [1.165, 1.54) is 11.8 Å². The number of aryl methyl sites for hydroxylation is 1. The molecule has 5 aromatic rings. The number of benzene rings is 3. The van der Waals surface area contributed by atoms with Crippen LogP contribution < -0.4 is 15.0 Å². The Bertz CT molecular complexity index is 1560. The summed E-state index contributed by atoms with van der Waals surface area (Å²) in [4.78, 5) is 23.1. The monoisotopic (exact) mass is 485 g/mol. The molecule has 0 saturated carbocycles. The molecule has 2 heterocycles. The predicted octanol–water partition coefficient (Wildman–Crippen LogP) is 5.66. The fourth-order valence-electron chi connectivity index (χ4n) is 3.79. The molecule has 7 nitrogen and oxygen atoms in total. The van der Waals surface area contributed by atoms with E-state index in [1.54, 1.807) is 24.9 Å². The third-order valence-electron chi connectivity index (χ3n) is 5.64. The highest BCUT2D eigenvalue weighted by Gasteiger charge is 2.18. The largest absolute Gasteiger partial charge is 0.497 e. The fourth-order valence-corrected chi connectivity index (χ4v) is 4.79. The van der Waals surface area contributed by atoms with E-state index in [0.717, 1.165) is 22.8 Å². The Hall–Kier alpha value is -4.04. The van der Waals surface area contributed by atoms with Gasteiger partial charge in [-0.25, -0.2) is 9.97 Å². The van der Waals surface area contributed by atoms with E-state index in [-0.39, 0.29) is 5.56 Å². The Labute approximate surface area is 206 Å². The first-order valence-corrected chi connectivity index (χ1v) is 12.0. The van der Waals surface area contributed by atoms with Crippen molar-refractivity contribution in [2.45, 2.75) is 17.8 Å². The second-order valence-corrected chi connectivity index (χ2v) is 8.71. The first-order chi connectivity index (χ1) is 17.1. The van der Waals surface area contributed by atoms with Crippen molar-refractivity contribution in [1.82, 2.24) is 14.5 Å². The van der Waals surface area contributed by atoms with E-state index in [2.05, 4.69) is 0 Å². The molecule has 0 aliphatic rings. The normalized spacial score (nSPS) is 11.1. The van der Waals surface area contributed by atoms with Gasteiger partial charge in [0, 0.05) is 11.3 Å². The van der Waals surface area contributed by atoms with Crippen LogP contribution in [0.3, 0.4) is 0 Å². The molecule has 0 fully saturated rings. The molecule has 0 N–H and O–H groups in total. The molecular weight excluding hydrogens is 462 g/mol. The molecule has 0 spiro atoms. The Morgan fingerprint density at radius 2 is 1.66 bits per heavy atom. The van der Waals surface area contributed by atoms with Gasteiger partial charge in [-0.2, -0.15) is 0 Å². The fraction of sp³-hybridized carbons (Fsp3) is 0.148. The maximum absolute atomic E-state index is 13.5. The van der Waals surface area contributed by atoms with Crippen LogP contribution in [-0.2, 0) is 5.75 Å². The van der Waals surface area contributed by atoms with Crippen LogP contribution in [0.4, 0.5) is 0 Å². The van der Waals surface area contributed by atoms with Crippen molar-refractivity contribution >= 4 is 22.7 Å². The van der Waals surface area contributed by atoms with Gasteiger partial charge in [-0.05, 0) is 55.5 Å². The minimum atomic E-state index is -0.154. The summed E-state index contributed by atoms with van der Waals surface area (Å²) in [5.41, 5.74) is 2.77. The molecule has 0 unspecified atom stereocenters. The summed E-state index contributed by atoms with van der Waals surface area (Å²) in [5, 5.41) is 1.09. The van der Waals surface area contributed by atoms with Crippen molar-refractivity contribution in [3.8, 4) is 28.6 Å². The summed E-state index contributed by atoms with van der Waals surface area (Å²) in [5.74, 6) is 3.09. The molecule has 8 heteroatoms. The van der Waals surface area contributed by atoms with E-state index < -0.39 is 0 Å². The highest BCUT2D eigenvalue weighted by Crippen LogP contribution is 2.31. The van der Waals surface area contributed by atoms with Gasteiger partial charge in [0.15, 0.2) is 5.16 Å². The van der Waals surface area contributed by atoms with Crippen molar-refractivity contribution in [2.75, 3.05) is 14.2 Å². The zero-order chi connectivity index (χ0) is 24.4. The number of para-hydroxylation sites is 3. The van der Waals surface area contributed by atoms with Gasteiger partial charge in [0.1, 0.15) is 17.3 Å². The summed E-state index contributed by atoms with van der Waals surface area (Å²) < 4.78 is 18.3. The average molecular weight is 486 g/mol. The highest BCUT2D eigenvalue weighted by atomic mass is 32.2. The lowest BCUT2D eigenvalue weighted by molar-refractivity contribution is 0.411. The lowest BCUT2D eigenvalue weighted by atomic mass is 10.2. The molecule has 0 aliphatic carbocycles. The maximum Gasteiger partial charge on any atom is 0.266 e. The number of methoxy groups -OCH3 is 2. The van der Waals surface area contributed by atoms with Gasteiger partial charge in [-0.3, -0.25) is 9.36 Å². The van der Waals surface area contributed by atoms with Gasteiger partial charge in [0.05, 0.1) is 36.5 Å². The third-order valence-corrected chi connectivity index (χ3v) is 6.59. The zero-order valence-corrected chi connectivity index (χ0v) is 20.3. The van der Waals surface area contributed by atoms with Crippen molar-refractivity contribution in [2.24, 2.45) is 0 Å². The first kappa shape index (κ1) is 22.7. The Morgan fingerprint density at radius 3 is 2.43 bits per heavy atom. The Balaban J connectivity index is 1.53. The van der Waals surface area contributed by atoms with Crippen LogP contribution in [0, 0.1) is 6.92 Å². The number of ether oxygens (including phenoxy) is 2. The van der Waals surface area contributed by atoms with Crippen molar-refractivity contribution in [3.05, 3.63) is 94.6 Å². The van der Waals surface area contributed by atoms with E-state index in [1.807, 2.05) is 73.7 Å². The number of hydrogen-bond donors (Lipinski definition) is 0. The van der Waals surface area contributed by atoms with Gasteiger partial charge >= 0.3 is 0 Å². The molecule has 0 amide bonds. The molecule has 0 radical (unpaired) electrons. The second-order valence-electron chi connectivity index (χ2n) is 7.76. The molecular formula is C27H23N3O4S. The van der Waals surface area contributed by atoms with Crippen LogP contribution in [0.1, 0.15) is 11.5 Å². The smallest absolute Gasteiger partial charge is 0.266 e. The molecule has 0 bridgehead atoms. The molecule has 176 valence electrons. The lowest BCUT2D eigenvalue weighted by Crippen LogP contribution is -2.22. The van der Waals surface area contributed by atoms with Gasteiger partial charge in [0.2, 0.25) is 5.89 Å². The summed E-state index contributed by atoms with van der Waals surface area (Å²) in [6.07, 6.45) is 0. The number of rotatable bonds is 7. The highest BCUT2D eigenvalue weighted by molar-refractivity contribution is 7.98. The van der Waals surface area contributed by atoms with Crippen molar-refractivity contribution < 1.29 is 13.9 Å². The standard InChI is InChI=1S/C27H23N3O4S/c1-17-22(28-25(34-17)18-12-14-19(32-2)15-13-18)16-35-27-29-21-9-5-4-8-20(21)26(31)30(27)23-10-6-7-11-24(23)33-3/h4-15H,16H2,1-3H3. The van der Waals surface area contributed by atoms with Gasteiger partial charge in [-0.1, -0.05) is 36.0 Å². The molecule has 0 atom stereocenters. The SMILES string of the molecule is COc1ccc(-c2nc(CSc3nc4ccccc4c(=O)n3-c3ccccc3OC)c(C)o2)cc1. The van der Waals surface area contributed by atoms with E-state index in [9.17, 15) is 4.79 Å². The van der Waals surface area contributed by atoms with Crippen LogP contribution in [0.5, 0.6) is 11.5 Å². The molecule has 0 saturated heterocycles. The van der Waals surface area contributed by atoms with Gasteiger partial charge in [0.25, 0.3) is 5.56 Å². The van der Waals surface area contributed by atoms with Crippen LogP contribution in [0.15, 0.2) is 87.2 Å². The topological polar surface area (TPSA) is 79.4 Å². The van der Waals surface area contributed by atoms with Crippen LogP contribution in [0.25, 0.3) is 28.0 Å². The summed E-state index contributed by atoms with van der Waals surface area (Å²) in [6.45, 7) is 1.89. The molecule has 2 aromatic heterocycles. The second kappa shape index (κ2) is 9.68. The molecule has 5 rings (SSSR count). The van der Waals surface area contributed by atoms with Crippen LogP contribution in [0.2, 0.25) is 0 Å². The zero-order valence-electron chi connectivity index (χ0n) is 19.5. The predicted molar refractivity (Wildman–Crippen MR) is 137 cm³/mol. The lowest BCUT2D eigenvalue weighted by Gasteiger charge is -2.15. The minimum Gasteiger partial charge on any atom is -0.497 e. The Kier molecular flexibility index (Phi) is 6.29. The van der Waals surface area contributed by atoms with Gasteiger partial charge in [-0.15, -0.1) is 0 Å². The number of hydrogen-bond acceptors (Lipinski definition) is 7. The minimum absolute atomic E-state index is 0.154. The van der Waals surface area contributed by atoms with E-state index >= 15 is 0 Å². The number of aromatic nitrogens is 3. The summed E-state index contributed by atoms with van der Waals surface area (Å²) in [7, 11) is 3.22.